The molecule has 0 saturated heterocycles. The summed E-state index contributed by atoms with van der Waals surface area (Å²) in [4.78, 5) is 14.3. The van der Waals surface area contributed by atoms with Gasteiger partial charge in [0.25, 0.3) is 5.91 Å². The van der Waals surface area contributed by atoms with E-state index in [9.17, 15) is 4.79 Å². The lowest BCUT2D eigenvalue weighted by Crippen LogP contribution is -2.27. The highest BCUT2D eigenvalue weighted by Crippen LogP contribution is 2.07. The topological polar surface area (TPSA) is 44.7 Å². The number of nitrogens with one attached hydrogen (secondary N) is 1. The van der Waals surface area contributed by atoms with Crippen molar-refractivity contribution in [1.82, 2.24) is 10.3 Å². The Balaban J connectivity index is 2.15. The molecule has 1 atom stereocenters. The SMILES string of the molecule is C[C@@H](CN(C)C)C(/C=C\c1ccccc1)=N/NC(=O)c1ccccc1. The predicted molar refractivity (Wildman–Crippen MR) is 105 cm³/mol. The van der Waals surface area contributed by atoms with E-state index in [0.29, 0.717) is 5.56 Å². The van der Waals surface area contributed by atoms with Crippen LogP contribution in [0, 0.1) is 5.92 Å². The molecule has 2 rings (SSSR count). The number of nitrogens with zero attached hydrogens (tertiary/aromatic N) is 2. The first-order chi connectivity index (χ1) is 12.1. The Morgan fingerprint density at radius 3 is 2.28 bits per heavy atom. The number of hydrazone groups is 1. The smallest absolute Gasteiger partial charge is 0.271 e. The first kappa shape index (κ1) is 18.6. The Hall–Kier alpha value is -2.72. The van der Waals surface area contributed by atoms with Crippen molar-refractivity contribution in [2.45, 2.75) is 6.92 Å². The summed E-state index contributed by atoms with van der Waals surface area (Å²) in [7, 11) is 4.05. The van der Waals surface area contributed by atoms with Gasteiger partial charge in [-0.3, -0.25) is 4.79 Å². The van der Waals surface area contributed by atoms with Crippen molar-refractivity contribution >= 4 is 17.7 Å². The van der Waals surface area contributed by atoms with Gasteiger partial charge in [-0.2, -0.15) is 5.10 Å². The number of hydrogen-bond donors (Lipinski definition) is 1. The largest absolute Gasteiger partial charge is 0.309 e. The Morgan fingerprint density at radius 1 is 1.08 bits per heavy atom. The Labute approximate surface area is 149 Å². The van der Waals surface area contributed by atoms with Gasteiger partial charge in [0.2, 0.25) is 0 Å². The maximum atomic E-state index is 12.2. The van der Waals surface area contributed by atoms with E-state index in [1.165, 1.54) is 0 Å². The van der Waals surface area contributed by atoms with Gasteiger partial charge in [-0.25, -0.2) is 5.43 Å². The molecule has 4 nitrogen and oxygen atoms in total. The third-order valence-electron chi connectivity index (χ3n) is 3.71. The van der Waals surface area contributed by atoms with E-state index in [4.69, 9.17) is 0 Å². The van der Waals surface area contributed by atoms with Crippen molar-refractivity contribution < 1.29 is 4.79 Å². The van der Waals surface area contributed by atoms with Crippen LogP contribution in [0.5, 0.6) is 0 Å². The van der Waals surface area contributed by atoms with Crippen molar-refractivity contribution in [3.8, 4) is 0 Å². The molecule has 0 aromatic heterocycles. The number of allylic oxidation sites excluding steroid dienone is 1. The fourth-order valence-corrected chi connectivity index (χ4v) is 2.47. The molecule has 0 saturated carbocycles. The second-order valence-electron chi connectivity index (χ2n) is 6.25. The van der Waals surface area contributed by atoms with Gasteiger partial charge < -0.3 is 4.90 Å². The zero-order valence-electron chi connectivity index (χ0n) is 15.0. The number of amides is 1. The number of hydrogen-bond acceptors (Lipinski definition) is 3. The summed E-state index contributed by atoms with van der Waals surface area (Å²) in [6.45, 7) is 2.95. The van der Waals surface area contributed by atoms with Gasteiger partial charge in [0.1, 0.15) is 0 Å². The van der Waals surface area contributed by atoms with Crippen LogP contribution in [0.15, 0.2) is 71.8 Å². The quantitative estimate of drug-likeness (QED) is 0.619. The van der Waals surface area contributed by atoms with Crippen LogP contribution in [0.1, 0.15) is 22.8 Å². The molecule has 2 aromatic rings. The molecule has 0 aliphatic rings. The van der Waals surface area contributed by atoms with Crippen LogP contribution in [0.2, 0.25) is 0 Å². The molecule has 0 fully saturated rings. The summed E-state index contributed by atoms with van der Waals surface area (Å²) in [5.74, 6) is -0.0192. The summed E-state index contributed by atoms with van der Waals surface area (Å²) >= 11 is 0. The second kappa shape index (κ2) is 9.55. The Morgan fingerprint density at radius 2 is 1.68 bits per heavy atom. The van der Waals surface area contributed by atoms with Crippen LogP contribution in [0.4, 0.5) is 0 Å². The van der Waals surface area contributed by atoms with E-state index in [0.717, 1.165) is 17.8 Å². The third-order valence-corrected chi connectivity index (χ3v) is 3.71. The van der Waals surface area contributed by atoms with Gasteiger partial charge in [0.05, 0.1) is 5.71 Å². The maximum absolute atomic E-state index is 12.2. The van der Waals surface area contributed by atoms with E-state index in [-0.39, 0.29) is 11.8 Å². The van der Waals surface area contributed by atoms with Crippen molar-refractivity contribution in [2.24, 2.45) is 11.0 Å². The summed E-state index contributed by atoms with van der Waals surface area (Å²) < 4.78 is 0. The first-order valence-electron chi connectivity index (χ1n) is 8.37. The van der Waals surface area contributed by atoms with Crippen molar-refractivity contribution in [2.75, 3.05) is 20.6 Å². The van der Waals surface area contributed by atoms with Crippen LogP contribution in [-0.4, -0.2) is 37.2 Å². The van der Waals surface area contributed by atoms with Crippen molar-refractivity contribution in [3.63, 3.8) is 0 Å². The van der Waals surface area contributed by atoms with Crippen LogP contribution >= 0.6 is 0 Å². The molecule has 1 amide bonds. The molecule has 0 bridgehead atoms. The molecule has 0 radical (unpaired) electrons. The molecule has 25 heavy (non-hydrogen) atoms. The fourth-order valence-electron chi connectivity index (χ4n) is 2.47. The van der Waals surface area contributed by atoms with E-state index in [1.807, 2.05) is 74.8 Å². The van der Waals surface area contributed by atoms with Crippen LogP contribution in [0.25, 0.3) is 6.08 Å². The van der Waals surface area contributed by atoms with E-state index >= 15 is 0 Å². The molecule has 1 N–H and O–H groups in total. The molecular formula is C21H25N3O. The average molecular weight is 335 g/mol. The van der Waals surface area contributed by atoms with Crippen LogP contribution in [0.3, 0.4) is 0 Å². The van der Waals surface area contributed by atoms with Gasteiger partial charge in [0, 0.05) is 18.0 Å². The van der Waals surface area contributed by atoms with E-state index in [1.54, 1.807) is 12.1 Å². The summed E-state index contributed by atoms with van der Waals surface area (Å²) in [6, 6.07) is 19.1. The lowest BCUT2D eigenvalue weighted by Gasteiger charge is -2.17. The highest BCUT2D eigenvalue weighted by molar-refractivity contribution is 6.01. The normalized spacial score (nSPS) is 13.2. The minimum absolute atomic E-state index is 0.186. The average Bonchev–Trinajstić information content (AvgIpc) is 2.62. The monoisotopic (exact) mass is 335 g/mol. The minimum Gasteiger partial charge on any atom is -0.309 e. The number of benzene rings is 2. The Bertz CT molecular complexity index is 721. The zero-order valence-corrected chi connectivity index (χ0v) is 15.0. The molecule has 2 aromatic carbocycles. The number of carbonyl (C=O) groups excluding carboxylic acids is 1. The third kappa shape index (κ3) is 6.36. The van der Waals surface area contributed by atoms with E-state index in [2.05, 4.69) is 22.4 Å². The van der Waals surface area contributed by atoms with Crippen LogP contribution < -0.4 is 5.43 Å². The first-order valence-corrected chi connectivity index (χ1v) is 8.37. The van der Waals surface area contributed by atoms with Gasteiger partial charge in [-0.05, 0) is 37.9 Å². The van der Waals surface area contributed by atoms with Crippen molar-refractivity contribution in [3.05, 3.63) is 77.9 Å². The number of carbonyl (C=O) groups is 1. The summed E-state index contributed by atoms with van der Waals surface area (Å²) in [6.07, 6.45) is 3.98. The standard InChI is InChI=1S/C21H25N3O/c1-17(16-24(2)3)20(15-14-18-10-6-4-7-11-18)22-23-21(25)19-12-8-5-9-13-19/h4-15,17H,16H2,1-3H3,(H,23,25)/b15-14-,22-20+/t17-/m0/s1. The molecule has 0 aliphatic heterocycles. The van der Waals surface area contributed by atoms with Gasteiger partial charge in [-0.15, -0.1) is 0 Å². The van der Waals surface area contributed by atoms with Gasteiger partial charge in [0.15, 0.2) is 0 Å². The Kier molecular flexibility index (Phi) is 7.11. The molecular weight excluding hydrogens is 310 g/mol. The molecule has 0 aliphatic carbocycles. The molecule has 0 heterocycles. The summed E-state index contributed by atoms with van der Waals surface area (Å²) in [5.41, 5.74) is 5.20. The zero-order chi connectivity index (χ0) is 18.1. The minimum atomic E-state index is -0.205. The molecule has 130 valence electrons. The molecule has 0 spiro atoms. The fraction of sp³-hybridized carbons (Fsp3) is 0.238. The molecule has 0 unspecified atom stereocenters. The van der Waals surface area contributed by atoms with Crippen molar-refractivity contribution in [1.29, 1.82) is 0 Å². The summed E-state index contributed by atoms with van der Waals surface area (Å²) in [5, 5.41) is 4.37. The van der Waals surface area contributed by atoms with Gasteiger partial charge in [-0.1, -0.05) is 61.5 Å². The second-order valence-corrected chi connectivity index (χ2v) is 6.25. The lowest BCUT2D eigenvalue weighted by molar-refractivity contribution is 0.0954. The predicted octanol–water partition coefficient (Wildman–Crippen LogP) is 3.68. The lowest BCUT2D eigenvalue weighted by atomic mass is 10.0. The van der Waals surface area contributed by atoms with Gasteiger partial charge >= 0.3 is 0 Å². The molecule has 4 heteroatoms. The highest BCUT2D eigenvalue weighted by atomic mass is 16.2. The van der Waals surface area contributed by atoms with Crippen LogP contribution in [-0.2, 0) is 0 Å². The maximum Gasteiger partial charge on any atom is 0.271 e. The number of rotatable bonds is 7. The highest BCUT2D eigenvalue weighted by Gasteiger charge is 2.11. The van der Waals surface area contributed by atoms with E-state index < -0.39 is 0 Å².